The molecule has 0 aliphatic rings. The van der Waals surface area contributed by atoms with E-state index in [-0.39, 0.29) is 24.0 Å². The average Bonchev–Trinajstić information content (AvgIpc) is 3.32. The fourth-order valence-electron chi connectivity index (χ4n) is 3.09. The fourth-order valence-corrected chi connectivity index (χ4v) is 3.09. The van der Waals surface area contributed by atoms with Gasteiger partial charge in [0.2, 0.25) is 0 Å². The Morgan fingerprint density at radius 1 is 1.10 bits per heavy atom. The van der Waals surface area contributed by atoms with Crippen LogP contribution in [-0.4, -0.2) is 47.4 Å². The molecule has 0 spiro atoms. The summed E-state index contributed by atoms with van der Waals surface area (Å²) in [7, 11) is 1.79. The van der Waals surface area contributed by atoms with Gasteiger partial charge in [-0.25, -0.2) is 9.67 Å². The van der Waals surface area contributed by atoms with Crippen LogP contribution in [0.1, 0.15) is 18.9 Å². The first-order chi connectivity index (χ1) is 14.3. The number of nitrogens with one attached hydrogen (secondary N) is 2. The van der Waals surface area contributed by atoms with Crippen molar-refractivity contribution >= 4 is 35.6 Å². The third-order valence-corrected chi connectivity index (χ3v) is 4.63. The lowest BCUT2D eigenvalue weighted by atomic mass is 10.2. The molecule has 0 radical (unpaired) electrons. The van der Waals surface area contributed by atoms with Crippen molar-refractivity contribution in [1.82, 2.24) is 25.4 Å². The van der Waals surface area contributed by atoms with Gasteiger partial charge in [-0.1, -0.05) is 18.2 Å². The van der Waals surface area contributed by atoms with Crippen LogP contribution < -0.4 is 15.5 Å². The molecule has 0 aliphatic heterocycles. The molecule has 7 nitrogen and oxygen atoms in total. The zero-order valence-corrected chi connectivity index (χ0v) is 19.9. The maximum Gasteiger partial charge on any atom is 0.191 e. The van der Waals surface area contributed by atoms with E-state index in [0.717, 1.165) is 43.4 Å². The van der Waals surface area contributed by atoms with Gasteiger partial charge in [-0.15, -0.1) is 24.0 Å². The number of rotatable bonds is 9. The third-order valence-electron chi connectivity index (χ3n) is 4.63. The molecule has 2 aromatic heterocycles. The maximum atomic E-state index is 4.36. The van der Waals surface area contributed by atoms with E-state index in [2.05, 4.69) is 67.9 Å². The molecule has 3 rings (SSSR count). The van der Waals surface area contributed by atoms with Crippen molar-refractivity contribution in [2.24, 2.45) is 4.99 Å². The Morgan fingerprint density at radius 2 is 1.93 bits per heavy atom. The van der Waals surface area contributed by atoms with Gasteiger partial charge in [0.1, 0.15) is 0 Å². The van der Waals surface area contributed by atoms with E-state index in [4.69, 9.17) is 0 Å². The number of para-hydroxylation sites is 1. The molecule has 1 aromatic carbocycles. The van der Waals surface area contributed by atoms with Gasteiger partial charge >= 0.3 is 0 Å². The quantitative estimate of drug-likeness (QED) is 0.196. The van der Waals surface area contributed by atoms with Crippen molar-refractivity contribution in [3.63, 3.8) is 0 Å². The van der Waals surface area contributed by atoms with E-state index in [0.29, 0.717) is 6.54 Å². The van der Waals surface area contributed by atoms with Crippen molar-refractivity contribution in [3.8, 4) is 5.82 Å². The lowest BCUT2D eigenvalue weighted by molar-refractivity contribution is 0.708. The molecule has 30 heavy (non-hydrogen) atoms. The molecule has 0 saturated carbocycles. The maximum absolute atomic E-state index is 4.36. The van der Waals surface area contributed by atoms with Gasteiger partial charge in [-0.05, 0) is 49.2 Å². The summed E-state index contributed by atoms with van der Waals surface area (Å²) in [5.74, 6) is 1.60. The Balaban J connectivity index is 0.00000320. The zero-order valence-electron chi connectivity index (χ0n) is 17.5. The second kappa shape index (κ2) is 12.8. The Morgan fingerprint density at radius 3 is 2.63 bits per heavy atom. The zero-order chi connectivity index (χ0) is 20.3. The second-order valence-corrected chi connectivity index (χ2v) is 6.59. The van der Waals surface area contributed by atoms with Crippen molar-refractivity contribution in [3.05, 3.63) is 72.7 Å². The summed E-state index contributed by atoms with van der Waals surface area (Å²) >= 11 is 0. The molecule has 2 N–H and O–H groups in total. The molecule has 0 atom stereocenters. The lowest BCUT2D eigenvalue weighted by Crippen LogP contribution is -2.38. The highest BCUT2D eigenvalue weighted by molar-refractivity contribution is 14.0. The van der Waals surface area contributed by atoms with Crippen LogP contribution in [-0.2, 0) is 6.54 Å². The van der Waals surface area contributed by atoms with E-state index in [1.54, 1.807) is 24.1 Å². The van der Waals surface area contributed by atoms with Crippen molar-refractivity contribution < 1.29 is 0 Å². The number of nitrogens with zero attached hydrogens (tertiary/aromatic N) is 5. The van der Waals surface area contributed by atoms with Gasteiger partial charge in [-0.3, -0.25) is 4.99 Å². The summed E-state index contributed by atoms with van der Waals surface area (Å²) in [5, 5.41) is 11.0. The topological polar surface area (TPSA) is 70.4 Å². The number of hydrogen-bond donors (Lipinski definition) is 2. The average molecular weight is 519 g/mol. The minimum atomic E-state index is 0. The van der Waals surface area contributed by atoms with Crippen LogP contribution in [0.2, 0.25) is 0 Å². The number of anilines is 1. The minimum Gasteiger partial charge on any atom is -0.372 e. The van der Waals surface area contributed by atoms with Crippen molar-refractivity contribution in [2.45, 2.75) is 19.9 Å². The molecule has 3 aromatic rings. The first-order valence-electron chi connectivity index (χ1n) is 9.99. The summed E-state index contributed by atoms with van der Waals surface area (Å²) in [6.45, 7) is 5.71. The number of benzene rings is 1. The first kappa shape index (κ1) is 23.7. The fraction of sp³-hybridized carbons (Fsp3) is 0.318. The smallest absolute Gasteiger partial charge is 0.191 e. The molecule has 0 unspecified atom stereocenters. The van der Waals surface area contributed by atoms with E-state index < -0.39 is 0 Å². The van der Waals surface area contributed by atoms with Gasteiger partial charge in [0.25, 0.3) is 0 Å². The molecule has 2 heterocycles. The van der Waals surface area contributed by atoms with Gasteiger partial charge in [-0.2, -0.15) is 5.10 Å². The third kappa shape index (κ3) is 7.01. The molecular weight excluding hydrogens is 489 g/mol. The van der Waals surface area contributed by atoms with Crippen LogP contribution in [0.5, 0.6) is 0 Å². The van der Waals surface area contributed by atoms with Crippen molar-refractivity contribution in [2.75, 3.05) is 31.6 Å². The first-order valence-corrected chi connectivity index (χ1v) is 9.99. The molecule has 0 bridgehead atoms. The highest BCUT2D eigenvalue weighted by Gasteiger charge is 2.04. The molecular formula is C22H30IN7. The van der Waals surface area contributed by atoms with Crippen LogP contribution in [0, 0.1) is 0 Å². The van der Waals surface area contributed by atoms with Crippen molar-refractivity contribution in [1.29, 1.82) is 0 Å². The molecule has 0 amide bonds. The number of hydrogen-bond acceptors (Lipinski definition) is 4. The summed E-state index contributed by atoms with van der Waals surface area (Å²) < 4.78 is 1.75. The van der Waals surface area contributed by atoms with Gasteiger partial charge in [0.05, 0.1) is 0 Å². The number of pyridine rings is 1. The SMILES string of the molecule is CCN(CCCNC(=NC)NCc1ccnc(-n2cccn2)c1)c1ccccc1.I. The Labute approximate surface area is 195 Å². The van der Waals surface area contributed by atoms with Crippen LogP contribution in [0.4, 0.5) is 5.69 Å². The summed E-state index contributed by atoms with van der Waals surface area (Å²) in [5.41, 5.74) is 2.39. The molecule has 8 heteroatoms. The normalized spacial score (nSPS) is 10.9. The Bertz CT molecular complexity index is 882. The second-order valence-electron chi connectivity index (χ2n) is 6.59. The number of aromatic nitrogens is 3. The van der Waals surface area contributed by atoms with Gasteiger partial charge < -0.3 is 15.5 Å². The van der Waals surface area contributed by atoms with Crippen LogP contribution in [0.25, 0.3) is 5.82 Å². The predicted molar refractivity (Wildman–Crippen MR) is 134 cm³/mol. The lowest BCUT2D eigenvalue weighted by Gasteiger charge is -2.23. The van der Waals surface area contributed by atoms with Crippen LogP contribution >= 0.6 is 24.0 Å². The van der Waals surface area contributed by atoms with Crippen LogP contribution in [0.15, 0.2) is 72.1 Å². The Hall–Kier alpha value is -2.62. The Kier molecular flexibility index (Phi) is 10.1. The molecule has 0 saturated heterocycles. The summed E-state index contributed by atoms with van der Waals surface area (Å²) in [6.07, 6.45) is 6.46. The molecule has 0 aliphatic carbocycles. The standard InChI is InChI=1S/C22H29N7.HI/c1-3-28(20-9-5-4-6-10-20)15-7-12-25-22(23-2)26-18-19-11-14-24-21(17-19)29-16-8-13-27-29;/h4-6,8-11,13-14,16-17H,3,7,12,15,18H2,1-2H3,(H2,23,25,26);1H. The number of guanidine groups is 1. The molecule has 0 fully saturated rings. The summed E-state index contributed by atoms with van der Waals surface area (Å²) in [6, 6.07) is 16.4. The van der Waals surface area contributed by atoms with E-state index in [1.165, 1.54) is 5.69 Å². The highest BCUT2D eigenvalue weighted by atomic mass is 127. The van der Waals surface area contributed by atoms with E-state index >= 15 is 0 Å². The molecule has 160 valence electrons. The minimum absolute atomic E-state index is 0. The van der Waals surface area contributed by atoms with Gasteiger partial charge in [0.15, 0.2) is 11.8 Å². The van der Waals surface area contributed by atoms with E-state index in [1.807, 2.05) is 24.4 Å². The summed E-state index contributed by atoms with van der Waals surface area (Å²) in [4.78, 5) is 11.1. The van der Waals surface area contributed by atoms with Gasteiger partial charge in [0, 0.05) is 57.5 Å². The predicted octanol–water partition coefficient (Wildman–Crippen LogP) is 3.47. The largest absolute Gasteiger partial charge is 0.372 e. The highest BCUT2D eigenvalue weighted by Crippen LogP contribution is 2.12. The number of halogens is 1. The number of aliphatic imine (C=N–C) groups is 1. The van der Waals surface area contributed by atoms with Crippen LogP contribution in [0.3, 0.4) is 0 Å². The monoisotopic (exact) mass is 519 g/mol. The van der Waals surface area contributed by atoms with E-state index in [9.17, 15) is 0 Å².